The molecule has 1 aromatic carbocycles. The highest BCUT2D eigenvalue weighted by atomic mass is 16.4. The van der Waals surface area contributed by atoms with Gasteiger partial charge in [0.25, 0.3) is 0 Å². The Hall–Kier alpha value is -2.94. The van der Waals surface area contributed by atoms with E-state index in [2.05, 4.69) is 16.0 Å². The maximum absolute atomic E-state index is 13.1. The summed E-state index contributed by atoms with van der Waals surface area (Å²) in [5, 5.41) is 16.5. The molecule has 0 bridgehead atoms. The van der Waals surface area contributed by atoms with E-state index >= 15 is 0 Å². The average molecular weight is 435 g/mol. The molecule has 0 saturated carbocycles. The first kappa shape index (κ1) is 26.1. The molecule has 0 saturated heterocycles. The molecule has 9 nitrogen and oxygen atoms in total. The van der Waals surface area contributed by atoms with Crippen molar-refractivity contribution in [1.82, 2.24) is 16.0 Å². The highest BCUT2D eigenvalue weighted by Crippen LogP contribution is 2.10. The summed E-state index contributed by atoms with van der Waals surface area (Å²) in [6, 6.07) is 6.50. The van der Waals surface area contributed by atoms with E-state index in [1.54, 1.807) is 6.92 Å². The number of amides is 3. The number of carbonyl (C=O) groups is 4. The van der Waals surface area contributed by atoms with Crippen LogP contribution in [0.1, 0.15) is 39.7 Å². The highest BCUT2D eigenvalue weighted by molar-refractivity contribution is 5.94. The van der Waals surface area contributed by atoms with Crippen LogP contribution in [-0.2, 0) is 25.6 Å². The first-order valence-corrected chi connectivity index (χ1v) is 10.5. The largest absolute Gasteiger partial charge is 0.480 e. The molecule has 31 heavy (non-hydrogen) atoms. The lowest BCUT2D eigenvalue weighted by Gasteiger charge is -2.27. The van der Waals surface area contributed by atoms with Gasteiger partial charge in [0, 0.05) is 6.42 Å². The van der Waals surface area contributed by atoms with E-state index in [9.17, 15) is 19.2 Å². The minimum Gasteiger partial charge on any atom is -0.480 e. The summed E-state index contributed by atoms with van der Waals surface area (Å²) in [7, 11) is 0. The van der Waals surface area contributed by atoms with Crippen LogP contribution in [0.15, 0.2) is 30.3 Å². The van der Waals surface area contributed by atoms with Gasteiger partial charge >= 0.3 is 5.97 Å². The van der Waals surface area contributed by atoms with Crippen molar-refractivity contribution in [3.8, 4) is 0 Å². The van der Waals surface area contributed by atoms with Crippen LogP contribution >= 0.6 is 0 Å². The number of hydrogen-bond acceptors (Lipinski definition) is 5. The summed E-state index contributed by atoms with van der Waals surface area (Å²) in [6.45, 7) is 6.71. The molecule has 1 aromatic rings. The highest BCUT2D eigenvalue weighted by Gasteiger charge is 2.31. The van der Waals surface area contributed by atoms with Crippen LogP contribution in [0.2, 0.25) is 0 Å². The Bertz CT molecular complexity index is 754. The third kappa shape index (κ3) is 8.75. The second kappa shape index (κ2) is 12.7. The van der Waals surface area contributed by atoms with Crippen molar-refractivity contribution < 1.29 is 24.3 Å². The van der Waals surface area contributed by atoms with Crippen molar-refractivity contribution >= 4 is 23.7 Å². The number of benzene rings is 1. The monoisotopic (exact) mass is 434 g/mol. The summed E-state index contributed by atoms with van der Waals surface area (Å²) in [5.41, 5.74) is 6.76. The van der Waals surface area contributed by atoms with Gasteiger partial charge in [-0.25, -0.2) is 0 Å². The Kier molecular flexibility index (Phi) is 10.7. The average Bonchev–Trinajstić information content (AvgIpc) is 2.74. The molecule has 0 aromatic heterocycles. The molecule has 0 fully saturated rings. The van der Waals surface area contributed by atoms with Gasteiger partial charge in [0.15, 0.2) is 0 Å². The van der Waals surface area contributed by atoms with Crippen LogP contribution in [-0.4, -0.2) is 53.5 Å². The van der Waals surface area contributed by atoms with E-state index in [0.29, 0.717) is 6.42 Å². The molecule has 0 aliphatic rings. The van der Waals surface area contributed by atoms with E-state index in [4.69, 9.17) is 10.8 Å². The fraction of sp³-hybridized carbons (Fsp3) is 0.545. The summed E-state index contributed by atoms with van der Waals surface area (Å²) < 4.78 is 0. The van der Waals surface area contributed by atoms with Gasteiger partial charge in [0.05, 0.1) is 6.04 Å². The van der Waals surface area contributed by atoms with Gasteiger partial charge in [0.1, 0.15) is 18.6 Å². The van der Waals surface area contributed by atoms with E-state index < -0.39 is 48.4 Å². The number of carboxylic acids is 1. The van der Waals surface area contributed by atoms with Gasteiger partial charge in [-0.1, -0.05) is 64.4 Å². The molecule has 0 radical (unpaired) electrons. The molecule has 0 heterocycles. The standard InChI is InChI=1S/C22H34N4O5/c1-5-14(4)19(22(31)24-12-17(27)28)26-20(29)16(11-15-9-7-6-8-10-15)25-21(30)18(23)13(2)3/h6-10,13-14,16,18-19H,5,11-12,23H2,1-4H3,(H,24,31)(H,25,30)(H,26,29)(H,27,28). The number of nitrogens with two attached hydrogens (primary N) is 1. The zero-order valence-electron chi connectivity index (χ0n) is 18.6. The molecule has 4 atom stereocenters. The predicted molar refractivity (Wildman–Crippen MR) is 117 cm³/mol. The van der Waals surface area contributed by atoms with Crippen LogP contribution in [0.4, 0.5) is 0 Å². The third-order valence-corrected chi connectivity index (χ3v) is 5.14. The van der Waals surface area contributed by atoms with Crippen molar-refractivity contribution in [2.24, 2.45) is 17.6 Å². The number of aliphatic carboxylic acids is 1. The van der Waals surface area contributed by atoms with Crippen LogP contribution in [0, 0.1) is 11.8 Å². The van der Waals surface area contributed by atoms with Gasteiger partial charge in [0.2, 0.25) is 17.7 Å². The Balaban J connectivity index is 3.04. The van der Waals surface area contributed by atoms with Gasteiger partial charge < -0.3 is 26.8 Å². The quantitative estimate of drug-likeness (QED) is 0.322. The zero-order valence-corrected chi connectivity index (χ0v) is 18.6. The van der Waals surface area contributed by atoms with Crippen molar-refractivity contribution in [3.05, 3.63) is 35.9 Å². The number of nitrogens with one attached hydrogen (secondary N) is 3. The van der Waals surface area contributed by atoms with Crippen molar-refractivity contribution in [3.63, 3.8) is 0 Å². The van der Waals surface area contributed by atoms with Crippen LogP contribution in [0.3, 0.4) is 0 Å². The maximum atomic E-state index is 13.1. The smallest absolute Gasteiger partial charge is 0.322 e. The summed E-state index contributed by atoms with van der Waals surface area (Å²) in [6.07, 6.45) is 0.798. The van der Waals surface area contributed by atoms with Gasteiger partial charge in [-0.15, -0.1) is 0 Å². The summed E-state index contributed by atoms with van der Waals surface area (Å²) in [5.74, 6) is -3.13. The number of rotatable bonds is 12. The van der Waals surface area contributed by atoms with Gasteiger partial charge in [-0.2, -0.15) is 0 Å². The molecule has 4 unspecified atom stereocenters. The topological polar surface area (TPSA) is 151 Å². The molecule has 0 spiro atoms. The molecular formula is C22H34N4O5. The van der Waals surface area contributed by atoms with Gasteiger partial charge in [-0.05, 0) is 17.4 Å². The van der Waals surface area contributed by atoms with Crippen molar-refractivity contribution in [1.29, 1.82) is 0 Å². The van der Waals surface area contributed by atoms with E-state index in [1.165, 1.54) is 0 Å². The minimum absolute atomic E-state index is 0.116. The Morgan fingerprint density at radius 1 is 0.968 bits per heavy atom. The number of carbonyl (C=O) groups excluding carboxylic acids is 3. The maximum Gasteiger partial charge on any atom is 0.322 e. The van der Waals surface area contributed by atoms with Crippen LogP contribution in [0.25, 0.3) is 0 Å². The lowest BCUT2D eigenvalue weighted by atomic mass is 9.97. The van der Waals surface area contributed by atoms with E-state index in [1.807, 2.05) is 51.1 Å². The Labute approximate surface area is 183 Å². The summed E-state index contributed by atoms with van der Waals surface area (Å²) >= 11 is 0. The molecule has 9 heteroatoms. The van der Waals surface area contributed by atoms with Crippen LogP contribution < -0.4 is 21.7 Å². The second-order valence-electron chi connectivity index (χ2n) is 8.00. The SMILES string of the molecule is CCC(C)C(NC(=O)C(Cc1ccccc1)NC(=O)C(N)C(C)C)C(=O)NCC(=O)O. The van der Waals surface area contributed by atoms with Gasteiger partial charge in [-0.3, -0.25) is 19.2 Å². The van der Waals surface area contributed by atoms with E-state index in [0.717, 1.165) is 5.56 Å². The Morgan fingerprint density at radius 2 is 1.58 bits per heavy atom. The zero-order chi connectivity index (χ0) is 23.6. The molecule has 3 amide bonds. The van der Waals surface area contributed by atoms with E-state index in [-0.39, 0.29) is 18.3 Å². The normalized spacial score (nSPS) is 14.8. The molecular weight excluding hydrogens is 400 g/mol. The lowest BCUT2D eigenvalue weighted by Crippen LogP contribution is -2.58. The molecule has 6 N–H and O–H groups in total. The molecule has 0 aliphatic carbocycles. The summed E-state index contributed by atoms with van der Waals surface area (Å²) in [4.78, 5) is 48.9. The first-order chi connectivity index (χ1) is 14.6. The molecule has 0 aliphatic heterocycles. The second-order valence-corrected chi connectivity index (χ2v) is 8.00. The number of carboxylic acid groups (broad SMARTS) is 1. The minimum atomic E-state index is -1.18. The van der Waals surface area contributed by atoms with Crippen molar-refractivity contribution in [2.45, 2.75) is 58.7 Å². The third-order valence-electron chi connectivity index (χ3n) is 5.14. The van der Waals surface area contributed by atoms with Crippen LogP contribution in [0.5, 0.6) is 0 Å². The fourth-order valence-electron chi connectivity index (χ4n) is 2.86. The fourth-order valence-corrected chi connectivity index (χ4v) is 2.86. The predicted octanol–water partition coefficient (Wildman–Crippen LogP) is 0.429. The Morgan fingerprint density at radius 3 is 2.10 bits per heavy atom. The lowest BCUT2D eigenvalue weighted by molar-refractivity contribution is -0.139. The molecule has 172 valence electrons. The van der Waals surface area contributed by atoms with Crippen molar-refractivity contribution in [2.75, 3.05) is 6.54 Å². The molecule has 1 rings (SSSR count). The number of hydrogen-bond donors (Lipinski definition) is 5. The first-order valence-electron chi connectivity index (χ1n) is 10.5.